The number of carbonyl (C=O) groups excluding carboxylic acids is 2. The molecule has 1 unspecified atom stereocenters. The summed E-state index contributed by atoms with van der Waals surface area (Å²) in [5, 5.41) is 7.23. The highest BCUT2D eigenvalue weighted by Crippen LogP contribution is 2.49. The topological polar surface area (TPSA) is 144 Å². The maximum atomic E-state index is 15.5. The summed E-state index contributed by atoms with van der Waals surface area (Å²) in [5.74, 6) is 1.78. The number of aromatic nitrogens is 2. The normalized spacial score (nSPS) is 21.1. The van der Waals surface area contributed by atoms with Gasteiger partial charge in [-0.2, -0.15) is 15.1 Å². The van der Waals surface area contributed by atoms with Gasteiger partial charge in [-0.05, 0) is 121 Å². The number of nitrogens with one attached hydrogen (secondary N) is 2. The molecule has 2 heterocycles. The number of amides is 1. The van der Waals surface area contributed by atoms with Crippen LogP contribution < -0.4 is 19.7 Å². The number of rotatable bonds is 17. The lowest BCUT2D eigenvalue weighted by Crippen LogP contribution is -2.51. The quantitative estimate of drug-likeness (QED) is 0.0583. The molecule has 62 heavy (non-hydrogen) atoms. The first kappa shape index (κ1) is 46.6. The molecule has 2 fully saturated rings. The predicted octanol–water partition coefficient (Wildman–Crippen LogP) is 8.26. The highest BCUT2D eigenvalue weighted by molar-refractivity contribution is 7.52. The molecule has 0 spiro atoms. The predicted molar refractivity (Wildman–Crippen MR) is 237 cm³/mol. The van der Waals surface area contributed by atoms with Crippen LogP contribution in [0.1, 0.15) is 102 Å². The number of hydrogen-bond donors (Lipinski definition) is 2. The van der Waals surface area contributed by atoms with Crippen LogP contribution in [0, 0.1) is 18.2 Å². The molecule has 2 N–H and O–H groups in total. The molecule has 16 heteroatoms. The standard InChI is InChI=1S/C46H59F2N6O7P/c1-11-35-38(48)18-16-32-21-34(61-62(57,60-29(5)6)52-30(7)43(56)59-28(3)4)23-37(41(32)35)31-15-17-36-39(22-31)50-44(58-27-45(8)24-33(47)25-53(45)9)51-42(36)49-26-46(19-13-14-20-46)54(10)40(55)12-2/h1,12,16,18,21-23,28-30,33H,2,13-15,17,19-20,24-27H2,3-10H3,(H,52,57)(H,49,50,51)/t30-,33+,45-,62?/m0/s1. The van der Waals surface area contributed by atoms with Crippen molar-refractivity contribution in [2.24, 2.45) is 0 Å². The number of carbonyl (C=O) groups is 2. The van der Waals surface area contributed by atoms with Gasteiger partial charge in [0.25, 0.3) is 0 Å². The van der Waals surface area contributed by atoms with Crippen molar-refractivity contribution in [2.75, 3.05) is 39.1 Å². The minimum Gasteiger partial charge on any atom is -0.462 e. The second-order valence-electron chi connectivity index (χ2n) is 17.5. The number of hydrogen-bond acceptors (Lipinski definition) is 11. The third-order valence-electron chi connectivity index (χ3n) is 12.0. The number of benzene rings is 2. The average molecular weight is 877 g/mol. The van der Waals surface area contributed by atoms with Crippen molar-refractivity contribution in [3.05, 3.63) is 65.1 Å². The zero-order valence-electron chi connectivity index (χ0n) is 37.0. The van der Waals surface area contributed by atoms with Crippen molar-refractivity contribution in [3.8, 4) is 24.1 Å². The molecule has 1 saturated heterocycles. The third kappa shape index (κ3) is 10.2. The molecule has 3 aliphatic rings. The lowest BCUT2D eigenvalue weighted by atomic mass is 9.87. The van der Waals surface area contributed by atoms with Gasteiger partial charge in [0, 0.05) is 37.5 Å². The number of esters is 1. The average Bonchev–Trinajstić information content (AvgIpc) is 3.80. The summed E-state index contributed by atoms with van der Waals surface area (Å²) in [6, 6.07) is 5.08. The van der Waals surface area contributed by atoms with Crippen LogP contribution in [0.25, 0.3) is 22.4 Å². The first-order valence-corrected chi connectivity index (χ1v) is 22.8. The largest absolute Gasteiger partial charge is 0.462 e. The van der Waals surface area contributed by atoms with E-state index < -0.39 is 55.0 Å². The summed E-state index contributed by atoms with van der Waals surface area (Å²) in [7, 11) is -0.578. The molecule has 2 aliphatic carbocycles. The number of halogens is 2. The Kier molecular flexibility index (Phi) is 14.2. The van der Waals surface area contributed by atoms with Gasteiger partial charge in [-0.25, -0.2) is 13.3 Å². The highest BCUT2D eigenvalue weighted by atomic mass is 31.2. The fourth-order valence-electron chi connectivity index (χ4n) is 8.63. The van der Waals surface area contributed by atoms with Crippen LogP contribution in [-0.4, -0.2) is 101 Å². The van der Waals surface area contributed by atoms with Crippen LogP contribution in [0.3, 0.4) is 0 Å². The Labute approximate surface area is 363 Å². The molecule has 1 saturated carbocycles. The number of likely N-dealkylation sites (N-methyl/N-ethyl adjacent to an activating group) is 2. The first-order valence-electron chi connectivity index (χ1n) is 21.2. The number of nitrogens with zero attached hydrogens (tertiary/aromatic N) is 4. The Morgan fingerprint density at radius 3 is 2.50 bits per heavy atom. The van der Waals surface area contributed by atoms with Gasteiger partial charge >= 0.3 is 19.7 Å². The summed E-state index contributed by atoms with van der Waals surface area (Å²) in [4.78, 5) is 39.1. The molecule has 1 aromatic heterocycles. The van der Waals surface area contributed by atoms with Gasteiger partial charge in [-0.1, -0.05) is 31.4 Å². The fourth-order valence-corrected chi connectivity index (χ4v) is 10.3. The number of fused-ring (bicyclic) bond motifs is 2. The number of ether oxygens (including phenoxy) is 2. The summed E-state index contributed by atoms with van der Waals surface area (Å²) in [5.41, 5.74) is 1.55. The van der Waals surface area contributed by atoms with Crippen LogP contribution in [-0.2, 0) is 29.8 Å². The Bertz CT molecular complexity index is 2330. The van der Waals surface area contributed by atoms with Gasteiger partial charge < -0.3 is 24.2 Å². The smallest absolute Gasteiger partial charge is 0.459 e. The number of alkyl halides is 1. The van der Waals surface area contributed by atoms with E-state index in [0.29, 0.717) is 60.2 Å². The number of anilines is 1. The second kappa shape index (κ2) is 18.9. The zero-order chi connectivity index (χ0) is 45.1. The van der Waals surface area contributed by atoms with Crippen LogP contribution >= 0.6 is 7.75 Å². The lowest BCUT2D eigenvalue weighted by molar-refractivity contribution is -0.149. The van der Waals surface area contributed by atoms with Crippen molar-refractivity contribution in [1.29, 1.82) is 0 Å². The van der Waals surface area contributed by atoms with Gasteiger partial charge in [-0.15, -0.1) is 6.42 Å². The van der Waals surface area contributed by atoms with E-state index >= 15 is 4.39 Å². The SMILES string of the molecule is C#Cc1c(F)ccc2cc(OP(=O)(N[C@@H](C)C(=O)OC(C)C)OC(C)C)cc(C3=Cc4nc(OC[C@]5(C)C[C@@H](F)CN5C)nc(NCC5(N(C)C(=O)C=C)CCCC5)c4CC3)c12. The van der Waals surface area contributed by atoms with Crippen molar-refractivity contribution in [2.45, 2.75) is 122 Å². The van der Waals surface area contributed by atoms with E-state index in [4.69, 9.17) is 34.9 Å². The summed E-state index contributed by atoms with van der Waals surface area (Å²) < 4.78 is 68.0. The maximum absolute atomic E-state index is 15.5. The van der Waals surface area contributed by atoms with Crippen molar-refractivity contribution in [3.63, 3.8) is 0 Å². The van der Waals surface area contributed by atoms with E-state index in [-0.39, 0.29) is 29.8 Å². The Morgan fingerprint density at radius 1 is 1.15 bits per heavy atom. The van der Waals surface area contributed by atoms with Gasteiger partial charge in [0.15, 0.2) is 0 Å². The van der Waals surface area contributed by atoms with Crippen LogP contribution in [0.15, 0.2) is 36.9 Å². The van der Waals surface area contributed by atoms with Gasteiger partial charge in [0.1, 0.15) is 36.2 Å². The number of allylic oxidation sites excluding steroid dienone is 1. The van der Waals surface area contributed by atoms with Crippen LogP contribution in [0.5, 0.6) is 11.8 Å². The van der Waals surface area contributed by atoms with E-state index in [2.05, 4.69) is 22.9 Å². The highest BCUT2D eigenvalue weighted by Gasteiger charge is 2.42. The van der Waals surface area contributed by atoms with Crippen molar-refractivity contribution >= 4 is 47.9 Å². The molecule has 2 aromatic carbocycles. The van der Waals surface area contributed by atoms with Crippen LogP contribution in [0.2, 0.25) is 0 Å². The molecule has 6 rings (SSSR count). The lowest BCUT2D eigenvalue weighted by Gasteiger charge is -2.39. The summed E-state index contributed by atoms with van der Waals surface area (Å²) in [6.45, 7) is 14.8. The maximum Gasteiger partial charge on any atom is 0.459 e. The molecular weight excluding hydrogens is 818 g/mol. The van der Waals surface area contributed by atoms with E-state index in [0.717, 1.165) is 36.8 Å². The van der Waals surface area contributed by atoms with E-state index in [1.165, 1.54) is 19.1 Å². The number of terminal acetylenes is 1. The summed E-state index contributed by atoms with van der Waals surface area (Å²) >= 11 is 0. The van der Waals surface area contributed by atoms with E-state index in [9.17, 15) is 18.5 Å². The van der Waals surface area contributed by atoms with Crippen molar-refractivity contribution in [1.82, 2.24) is 24.9 Å². The first-order chi connectivity index (χ1) is 29.3. The monoisotopic (exact) mass is 876 g/mol. The van der Waals surface area contributed by atoms with E-state index in [1.807, 2.05) is 24.9 Å². The molecule has 0 radical (unpaired) electrons. The fraction of sp³-hybridized carbons (Fsp3) is 0.522. The Hall–Kier alpha value is -4.87. The third-order valence-corrected chi connectivity index (χ3v) is 13.9. The minimum atomic E-state index is -4.24. The van der Waals surface area contributed by atoms with Crippen molar-refractivity contribution < 1.29 is 41.5 Å². The molecule has 4 atom stereocenters. The Morgan fingerprint density at radius 2 is 1.87 bits per heavy atom. The molecule has 13 nitrogen and oxygen atoms in total. The number of likely N-dealkylation sites (tertiary alicyclic amines) is 1. The minimum absolute atomic E-state index is 0.0368. The Balaban J connectivity index is 1.44. The zero-order valence-corrected chi connectivity index (χ0v) is 37.9. The van der Waals surface area contributed by atoms with Gasteiger partial charge in [0.05, 0.1) is 34.5 Å². The molecule has 0 bridgehead atoms. The van der Waals surface area contributed by atoms with E-state index in [1.54, 1.807) is 57.8 Å². The van der Waals surface area contributed by atoms with Gasteiger partial charge in [-0.3, -0.25) is 19.0 Å². The van der Waals surface area contributed by atoms with Gasteiger partial charge in [0.2, 0.25) is 5.91 Å². The second-order valence-corrected chi connectivity index (χ2v) is 19.1. The van der Waals surface area contributed by atoms with Crippen LogP contribution in [0.4, 0.5) is 14.6 Å². The molecule has 3 aromatic rings. The molecular formula is C46H59F2N6O7P. The summed E-state index contributed by atoms with van der Waals surface area (Å²) in [6.07, 6.45) is 11.9. The molecule has 1 amide bonds. The molecule has 1 aliphatic heterocycles. The molecule has 334 valence electrons.